The van der Waals surface area contributed by atoms with Crippen LogP contribution in [0.4, 0.5) is 0 Å². The summed E-state index contributed by atoms with van der Waals surface area (Å²) in [6, 6.07) is 8.23. The minimum absolute atomic E-state index is 0.225. The lowest BCUT2D eigenvalue weighted by Crippen LogP contribution is -2.10. The van der Waals surface area contributed by atoms with Crippen LogP contribution < -0.4 is 5.73 Å². The highest BCUT2D eigenvalue weighted by molar-refractivity contribution is 5.84. The van der Waals surface area contributed by atoms with Crippen molar-refractivity contribution in [2.45, 2.75) is 26.2 Å². The number of nitrogens with two attached hydrogens (primary N) is 1. The zero-order valence-corrected chi connectivity index (χ0v) is 9.42. The summed E-state index contributed by atoms with van der Waals surface area (Å²) in [5.74, 6) is -0.225. The number of fused-ring (bicyclic) bond motifs is 1. The van der Waals surface area contributed by atoms with Crippen LogP contribution in [0.15, 0.2) is 24.3 Å². The highest BCUT2D eigenvalue weighted by atomic mass is 16.1. The van der Waals surface area contributed by atoms with E-state index in [-0.39, 0.29) is 5.91 Å². The van der Waals surface area contributed by atoms with Crippen molar-refractivity contribution in [2.75, 3.05) is 0 Å². The lowest BCUT2D eigenvalue weighted by atomic mass is 10.0. The highest BCUT2D eigenvalue weighted by Crippen LogP contribution is 2.23. The average molecular weight is 216 g/mol. The molecular weight excluding hydrogens is 200 g/mol. The molecule has 0 saturated heterocycles. The Labute approximate surface area is 94.6 Å². The Hall–Kier alpha value is -1.77. The summed E-state index contributed by atoms with van der Waals surface area (Å²) in [6.07, 6.45) is 2.18. The Morgan fingerprint density at radius 1 is 1.38 bits per heavy atom. The van der Waals surface area contributed by atoms with E-state index in [2.05, 4.69) is 24.0 Å². The lowest BCUT2D eigenvalue weighted by Gasteiger charge is -2.00. The number of nitrogens with one attached hydrogen (secondary N) is 1. The Morgan fingerprint density at radius 3 is 2.88 bits per heavy atom. The van der Waals surface area contributed by atoms with Gasteiger partial charge in [-0.1, -0.05) is 18.2 Å². The molecular formula is C13H16N2O. The molecule has 0 saturated carbocycles. The molecule has 0 radical (unpaired) electrons. The molecule has 1 aromatic heterocycles. The van der Waals surface area contributed by atoms with Crippen molar-refractivity contribution in [3.05, 3.63) is 35.5 Å². The van der Waals surface area contributed by atoms with Gasteiger partial charge in [0.15, 0.2) is 0 Å². The van der Waals surface area contributed by atoms with E-state index in [0.717, 1.165) is 18.4 Å². The maximum Gasteiger partial charge on any atom is 0.217 e. The molecule has 3 N–H and O–H groups in total. The van der Waals surface area contributed by atoms with Crippen LogP contribution in [-0.4, -0.2) is 10.9 Å². The molecule has 0 bridgehead atoms. The molecule has 16 heavy (non-hydrogen) atoms. The van der Waals surface area contributed by atoms with Crippen LogP contribution in [0.3, 0.4) is 0 Å². The predicted octanol–water partition coefficient (Wildman–Crippen LogP) is 2.28. The number of benzene rings is 1. The molecule has 2 aromatic rings. The average Bonchev–Trinajstić information content (AvgIpc) is 2.55. The van der Waals surface area contributed by atoms with Crippen LogP contribution in [0.5, 0.6) is 0 Å². The molecule has 3 heteroatoms. The first kappa shape index (κ1) is 10.7. The van der Waals surface area contributed by atoms with Gasteiger partial charge in [-0.05, 0) is 31.4 Å². The third-order valence-corrected chi connectivity index (χ3v) is 2.88. The van der Waals surface area contributed by atoms with Gasteiger partial charge in [0, 0.05) is 23.0 Å². The van der Waals surface area contributed by atoms with Crippen molar-refractivity contribution >= 4 is 16.8 Å². The van der Waals surface area contributed by atoms with Crippen LogP contribution in [-0.2, 0) is 11.2 Å². The van der Waals surface area contributed by atoms with Gasteiger partial charge in [0.05, 0.1) is 0 Å². The fourth-order valence-corrected chi connectivity index (χ4v) is 2.10. The SMILES string of the molecule is Cc1[nH]c2ccccc2c1CCCC(N)=O. The number of H-pyrrole nitrogens is 1. The first-order chi connectivity index (χ1) is 7.68. The second-order valence-corrected chi connectivity index (χ2v) is 4.09. The first-order valence-electron chi connectivity index (χ1n) is 5.53. The Balaban J connectivity index is 2.22. The summed E-state index contributed by atoms with van der Waals surface area (Å²) >= 11 is 0. The number of aryl methyl sites for hydroxylation is 2. The van der Waals surface area contributed by atoms with E-state index in [0.29, 0.717) is 6.42 Å². The number of carbonyl (C=O) groups is 1. The molecule has 0 unspecified atom stereocenters. The van der Waals surface area contributed by atoms with Crippen LogP contribution in [0, 0.1) is 6.92 Å². The lowest BCUT2D eigenvalue weighted by molar-refractivity contribution is -0.118. The molecule has 0 fully saturated rings. The second kappa shape index (κ2) is 4.39. The molecule has 0 atom stereocenters. The van der Waals surface area contributed by atoms with Crippen LogP contribution >= 0.6 is 0 Å². The molecule has 0 aliphatic heterocycles. The quantitative estimate of drug-likeness (QED) is 0.809. The van der Waals surface area contributed by atoms with Gasteiger partial charge in [-0.25, -0.2) is 0 Å². The number of rotatable bonds is 4. The monoisotopic (exact) mass is 216 g/mol. The van der Waals surface area contributed by atoms with Crippen molar-refractivity contribution in [3.8, 4) is 0 Å². The Morgan fingerprint density at radius 2 is 2.12 bits per heavy atom. The van der Waals surface area contributed by atoms with E-state index in [1.807, 2.05) is 12.1 Å². The third kappa shape index (κ3) is 2.08. The molecule has 0 aliphatic carbocycles. The van der Waals surface area contributed by atoms with Gasteiger partial charge < -0.3 is 10.7 Å². The normalized spacial score (nSPS) is 10.8. The van der Waals surface area contributed by atoms with E-state index in [1.165, 1.54) is 16.6 Å². The zero-order valence-electron chi connectivity index (χ0n) is 9.42. The van der Waals surface area contributed by atoms with E-state index < -0.39 is 0 Å². The zero-order chi connectivity index (χ0) is 11.5. The molecule has 3 nitrogen and oxygen atoms in total. The minimum Gasteiger partial charge on any atom is -0.370 e. The van der Waals surface area contributed by atoms with Gasteiger partial charge in [-0.2, -0.15) is 0 Å². The molecule has 2 rings (SSSR count). The molecule has 0 spiro atoms. The Kier molecular flexibility index (Phi) is 2.95. The van der Waals surface area contributed by atoms with Crippen LogP contribution in [0.25, 0.3) is 10.9 Å². The summed E-state index contributed by atoms with van der Waals surface area (Å²) < 4.78 is 0. The standard InChI is InChI=1S/C13H16N2O/c1-9-10(6-4-8-13(14)16)11-5-2-3-7-12(11)15-9/h2-3,5,7,15H,4,6,8H2,1H3,(H2,14,16). The fourth-order valence-electron chi connectivity index (χ4n) is 2.10. The van der Waals surface area contributed by atoms with Crippen molar-refractivity contribution in [1.29, 1.82) is 0 Å². The van der Waals surface area contributed by atoms with Gasteiger partial charge in [-0.15, -0.1) is 0 Å². The van der Waals surface area contributed by atoms with Gasteiger partial charge >= 0.3 is 0 Å². The van der Waals surface area contributed by atoms with Crippen molar-refractivity contribution in [2.24, 2.45) is 5.73 Å². The van der Waals surface area contributed by atoms with E-state index in [1.54, 1.807) is 0 Å². The number of aromatic nitrogens is 1. The Bertz CT molecular complexity index is 514. The molecule has 84 valence electrons. The third-order valence-electron chi connectivity index (χ3n) is 2.88. The van der Waals surface area contributed by atoms with Crippen molar-refractivity contribution in [1.82, 2.24) is 4.98 Å². The predicted molar refractivity (Wildman–Crippen MR) is 65.2 cm³/mol. The summed E-state index contributed by atoms with van der Waals surface area (Å²) in [6.45, 7) is 2.07. The molecule has 0 aliphatic rings. The topological polar surface area (TPSA) is 58.9 Å². The largest absolute Gasteiger partial charge is 0.370 e. The number of hydrogen-bond acceptors (Lipinski definition) is 1. The second-order valence-electron chi connectivity index (χ2n) is 4.09. The van der Waals surface area contributed by atoms with Gasteiger partial charge in [0.25, 0.3) is 0 Å². The number of amides is 1. The summed E-state index contributed by atoms with van der Waals surface area (Å²) in [5, 5.41) is 1.25. The van der Waals surface area contributed by atoms with Gasteiger partial charge in [0.2, 0.25) is 5.91 Å². The summed E-state index contributed by atoms with van der Waals surface area (Å²) in [7, 11) is 0. The van der Waals surface area contributed by atoms with Crippen molar-refractivity contribution < 1.29 is 4.79 Å². The minimum atomic E-state index is -0.225. The fraction of sp³-hybridized carbons (Fsp3) is 0.308. The number of aromatic amines is 1. The van der Waals surface area contributed by atoms with E-state index in [9.17, 15) is 4.79 Å². The number of carbonyl (C=O) groups excluding carboxylic acids is 1. The van der Waals surface area contributed by atoms with Gasteiger partial charge in [0.1, 0.15) is 0 Å². The first-order valence-corrected chi connectivity index (χ1v) is 5.53. The maximum atomic E-state index is 10.7. The molecule has 1 heterocycles. The van der Waals surface area contributed by atoms with E-state index in [4.69, 9.17) is 5.73 Å². The summed E-state index contributed by atoms with van der Waals surface area (Å²) in [4.78, 5) is 14.0. The summed E-state index contributed by atoms with van der Waals surface area (Å²) in [5.41, 5.74) is 8.79. The molecule has 1 amide bonds. The highest BCUT2D eigenvalue weighted by Gasteiger charge is 2.07. The van der Waals surface area contributed by atoms with Crippen LogP contribution in [0.1, 0.15) is 24.1 Å². The smallest absolute Gasteiger partial charge is 0.217 e. The number of primary amides is 1. The number of hydrogen-bond donors (Lipinski definition) is 2. The van der Waals surface area contributed by atoms with Gasteiger partial charge in [-0.3, -0.25) is 4.79 Å². The molecule has 1 aromatic carbocycles. The van der Waals surface area contributed by atoms with E-state index >= 15 is 0 Å². The van der Waals surface area contributed by atoms with Crippen molar-refractivity contribution in [3.63, 3.8) is 0 Å². The van der Waals surface area contributed by atoms with Crippen LogP contribution in [0.2, 0.25) is 0 Å². The maximum absolute atomic E-state index is 10.7. The number of para-hydroxylation sites is 1.